The van der Waals surface area contributed by atoms with E-state index in [4.69, 9.17) is 4.74 Å². The summed E-state index contributed by atoms with van der Waals surface area (Å²) < 4.78 is 6.74. The van der Waals surface area contributed by atoms with Gasteiger partial charge in [-0.25, -0.2) is 0 Å². The number of carbonyl (C=O) groups excluding carboxylic acids is 2. The van der Waals surface area contributed by atoms with E-state index in [2.05, 4.69) is 10.2 Å². The lowest BCUT2D eigenvalue weighted by molar-refractivity contribution is -0.120. The summed E-state index contributed by atoms with van der Waals surface area (Å²) in [5, 5.41) is 2.89. The molecule has 1 aliphatic heterocycles. The van der Waals surface area contributed by atoms with Crippen LogP contribution in [0.4, 0.5) is 0 Å². The highest BCUT2D eigenvalue weighted by Crippen LogP contribution is 2.23. The van der Waals surface area contributed by atoms with Crippen LogP contribution in [0.25, 0.3) is 11.3 Å². The highest BCUT2D eigenvalue weighted by Gasteiger charge is 2.18. The minimum atomic E-state index is -0.451. The van der Waals surface area contributed by atoms with Crippen molar-refractivity contribution in [2.24, 2.45) is 5.92 Å². The number of ketones is 1. The molecule has 0 bridgehead atoms. The molecule has 0 unspecified atom stereocenters. The summed E-state index contributed by atoms with van der Waals surface area (Å²) in [6.07, 6.45) is 6.12. The first-order valence-corrected chi connectivity index (χ1v) is 12.8. The van der Waals surface area contributed by atoms with Crippen molar-refractivity contribution >= 4 is 11.7 Å². The molecule has 1 fully saturated rings. The first kappa shape index (κ1) is 26.7. The molecule has 2 aromatic rings. The summed E-state index contributed by atoms with van der Waals surface area (Å²) in [7, 11) is 1.58. The maximum atomic E-state index is 13.4. The molecule has 1 aromatic carbocycles. The summed E-state index contributed by atoms with van der Waals surface area (Å²) in [5.41, 5.74) is 0.950. The Bertz CT molecular complexity index is 1050. The number of unbranched alkanes of at least 4 members (excludes halogenated alkanes) is 1. The van der Waals surface area contributed by atoms with Gasteiger partial charge in [0.25, 0.3) is 11.5 Å². The standard InChI is InChI=1S/C28H39N3O4/c1-21(2)18-23(32)20-31-26(22-10-9-11-24(19-22)35-3)13-12-25(28(31)34)27(33)29-14-5-8-17-30-15-6-4-7-16-30/h9-13,19,21H,4-8,14-18,20H2,1-3H3,(H,29,33). The van der Waals surface area contributed by atoms with Crippen LogP contribution >= 0.6 is 0 Å². The number of rotatable bonds is 12. The monoisotopic (exact) mass is 481 g/mol. The van der Waals surface area contributed by atoms with Gasteiger partial charge in [0, 0.05) is 18.5 Å². The number of nitrogens with zero attached hydrogens (tertiary/aromatic N) is 2. The van der Waals surface area contributed by atoms with Crippen molar-refractivity contribution in [1.29, 1.82) is 0 Å². The van der Waals surface area contributed by atoms with E-state index in [0.717, 1.165) is 24.9 Å². The number of aromatic nitrogens is 1. The molecule has 0 aliphatic carbocycles. The topological polar surface area (TPSA) is 80.6 Å². The van der Waals surface area contributed by atoms with Gasteiger partial charge in [-0.05, 0) is 75.5 Å². The van der Waals surface area contributed by atoms with Crippen LogP contribution in [0.5, 0.6) is 5.75 Å². The van der Waals surface area contributed by atoms with Crippen molar-refractivity contribution in [3.63, 3.8) is 0 Å². The van der Waals surface area contributed by atoms with Crippen LogP contribution in [0.3, 0.4) is 0 Å². The van der Waals surface area contributed by atoms with Crippen LogP contribution < -0.4 is 15.6 Å². The highest BCUT2D eigenvalue weighted by atomic mass is 16.5. The SMILES string of the molecule is COc1cccc(-c2ccc(C(=O)NCCCCN3CCCCC3)c(=O)n2CC(=O)CC(C)C)c1. The summed E-state index contributed by atoms with van der Waals surface area (Å²) in [4.78, 5) is 41.4. The van der Waals surface area contributed by atoms with Gasteiger partial charge >= 0.3 is 0 Å². The largest absolute Gasteiger partial charge is 0.497 e. The molecule has 0 spiro atoms. The van der Waals surface area contributed by atoms with Crippen molar-refractivity contribution in [2.75, 3.05) is 33.3 Å². The van der Waals surface area contributed by atoms with Gasteiger partial charge in [-0.1, -0.05) is 32.4 Å². The Labute approximate surface area is 208 Å². The van der Waals surface area contributed by atoms with Crippen LogP contribution in [0.2, 0.25) is 0 Å². The lowest BCUT2D eigenvalue weighted by Crippen LogP contribution is -2.35. The Morgan fingerprint density at radius 1 is 1.06 bits per heavy atom. The number of carbonyl (C=O) groups is 2. The minimum absolute atomic E-state index is 0.0403. The molecule has 1 amide bonds. The van der Waals surface area contributed by atoms with Gasteiger partial charge in [0.1, 0.15) is 11.3 Å². The molecule has 35 heavy (non-hydrogen) atoms. The third-order valence-corrected chi connectivity index (χ3v) is 6.39. The second-order valence-electron chi connectivity index (χ2n) is 9.76. The zero-order valence-electron chi connectivity index (χ0n) is 21.3. The zero-order chi connectivity index (χ0) is 25.2. The van der Waals surface area contributed by atoms with E-state index < -0.39 is 11.5 Å². The maximum absolute atomic E-state index is 13.4. The lowest BCUT2D eigenvalue weighted by Gasteiger charge is -2.26. The first-order valence-electron chi connectivity index (χ1n) is 12.8. The highest BCUT2D eigenvalue weighted by molar-refractivity contribution is 5.94. The number of likely N-dealkylation sites (tertiary alicyclic amines) is 1. The zero-order valence-corrected chi connectivity index (χ0v) is 21.3. The third-order valence-electron chi connectivity index (χ3n) is 6.39. The molecule has 7 nitrogen and oxygen atoms in total. The van der Waals surface area contributed by atoms with Gasteiger partial charge in [-0.3, -0.25) is 14.4 Å². The summed E-state index contributed by atoms with van der Waals surface area (Å²) in [6.45, 7) is 7.78. The average molecular weight is 482 g/mol. The Balaban J connectivity index is 1.73. The molecule has 7 heteroatoms. The van der Waals surface area contributed by atoms with Gasteiger partial charge in [0.05, 0.1) is 19.3 Å². The van der Waals surface area contributed by atoms with E-state index in [9.17, 15) is 14.4 Å². The second kappa shape index (κ2) is 13.2. The van der Waals surface area contributed by atoms with Gasteiger partial charge < -0.3 is 19.5 Å². The van der Waals surface area contributed by atoms with Crippen molar-refractivity contribution in [2.45, 2.75) is 58.9 Å². The fourth-order valence-electron chi connectivity index (χ4n) is 4.58. The number of nitrogens with one attached hydrogen (secondary N) is 1. The predicted molar refractivity (Wildman–Crippen MR) is 139 cm³/mol. The molecule has 190 valence electrons. The Morgan fingerprint density at radius 3 is 2.54 bits per heavy atom. The fraction of sp³-hybridized carbons (Fsp3) is 0.536. The molecule has 1 saturated heterocycles. The molecule has 0 radical (unpaired) electrons. The Morgan fingerprint density at radius 2 is 1.83 bits per heavy atom. The molecule has 1 aliphatic rings. The lowest BCUT2D eigenvalue weighted by atomic mass is 10.1. The molecule has 1 N–H and O–H groups in total. The smallest absolute Gasteiger partial charge is 0.264 e. The van der Waals surface area contributed by atoms with Gasteiger partial charge in [-0.15, -0.1) is 0 Å². The van der Waals surface area contributed by atoms with Crippen molar-refractivity contribution in [3.8, 4) is 17.0 Å². The number of Topliss-reactive ketones (excluding diaryl/α,β-unsaturated/α-hetero) is 1. The predicted octanol–water partition coefficient (Wildman–Crippen LogP) is 4.14. The van der Waals surface area contributed by atoms with Gasteiger partial charge in [-0.2, -0.15) is 0 Å². The quantitative estimate of drug-likeness (QED) is 0.461. The number of methoxy groups -OCH3 is 1. The Kier molecular flexibility index (Phi) is 10.1. The molecular weight excluding hydrogens is 442 g/mol. The van der Waals surface area contributed by atoms with Crippen molar-refractivity contribution in [3.05, 3.63) is 52.3 Å². The van der Waals surface area contributed by atoms with Crippen molar-refractivity contribution in [1.82, 2.24) is 14.8 Å². The van der Waals surface area contributed by atoms with Crippen LogP contribution in [-0.2, 0) is 11.3 Å². The van der Waals surface area contributed by atoms with Crippen LogP contribution in [0.15, 0.2) is 41.2 Å². The maximum Gasteiger partial charge on any atom is 0.264 e. The van der Waals surface area contributed by atoms with Crippen LogP contribution in [0.1, 0.15) is 62.7 Å². The molecule has 2 heterocycles. The third kappa shape index (κ3) is 7.79. The number of hydrogen-bond donors (Lipinski definition) is 1. The molecule has 1 aromatic heterocycles. The minimum Gasteiger partial charge on any atom is -0.497 e. The summed E-state index contributed by atoms with van der Waals surface area (Å²) >= 11 is 0. The second-order valence-corrected chi connectivity index (χ2v) is 9.76. The van der Waals surface area contributed by atoms with E-state index in [1.54, 1.807) is 19.2 Å². The molecule has 0 saturated carbocycles. The first-order chi connectivity index (χ1) is 16.9. The Hall–Kier alpha value is -2.93. The van der Waals surface area contributed by atoms with E-state index >= 15 is 0 Å². The number of pyridine rings is 1. The fourth-order valence-corrected chi connectivity index (χ4v) is 4.58. The van der Waals surface area contributed by atoms with E-state index in [1.165, 1.54) is 36.9 Å². The number of amides is 1. The normalized spacial score (nSPS) is 14.2. The number of benzene rings is 1. The van der Waals surface area contributed by atoms with Crippen LogP contribution in [0, 0.1) is 5.92 Å². The van der Waals surface area contributed by atoms with Gasteiger partial charge in [0.15, 0.2) is 5.78 Å². The van der Waals surface area contributed by atoms with Crippen LogP contribution in [-0.4, -0.2) is 54.4 Å². The average Bonchev–Trinajstić information content (AvgIpc) is 2.85. The molecule has 0 atom stereocenters. The van der Waals surface area contributed by atoms with Crippen molar-refractivity contribution < 1.29 is 14.3 Å². The van der Waals surface area contributed by atoms with Gasteiger partial charge in [0.2, 0.25) is 0 Å². The van der Waals surface area contributed by atoms with E-state index in [1.807, 2.05) is 38.1 Å². The number of piperidine rings is 1. The number of hydrogen-bond acceptors (Lipinski definition) is 5. The van der Waals surface area contributed by atoms with E-state index in [-0.39, 0.29) is 23.8 Å². The molecule has 3 rings (SSSR count). The summed E-state index contributed by atoms with van der Waals surface area (Å²) in [5.74, 6) is 0.410. The molecular formula is C28H39N3O4. The number of ether oxygens (including phenoxy) is 1. The van der Waals surface area contributed by atoms with E-state index in [0.29, 0.717) is 24.4 Å². The summed E-state index contributed by atoms with van der Waals surface area (Å²) in [6, 6.07) is 10.6.